The number of carbonyl (C=O) groups is 1. The largest absolute Gasteiger partial charge is 0.330 e. The van der Waals surface area contributed by atoms with Crippen LogP contribution in [-0.4, -0.2) is 62.3 Å². The summed E-state index contributed by atoms with van der Waals surface area (Å²) in [5, 5.41) is 10.9. The van der Waals surface area contributed by atoms with E-state index in [0.717, 1.165) is 47.9 Å². The zero-order valence-corrected chi connectivity index (χ0v) is 20.7. The van der Waals surface area contributed by atoms with Crippen LogP contribution in [0.15, 0.2) is 48.9 Å². The van der Waals surface area contributed by atoms with Crippen molar-refractivity contribution in [3.8, 4) is 0 Å². The third kappa shape index (κ3) is 5.79. The van der Waals surface area contributed by atoms with Gasteiger partial charge in [0.2, 0.25) is 5.95 Å². The van der Waals surface area contributed by atoms with Crippen molar-refractivity contribution in [1.29, 1.82) is 0 Å². The molecule has 35 heavy (non-hydrogen) atoms. The number of urea groups is 1. The summed E-state index contributed by atoms with van der Waals surface area (Å²) in [6.45, 7) is 4.21. The van der Waals surface area contributed by atoms with Crippen LogP contribution in [0, 0.1) is 5.92 Å². The molecule has 184 valence electrons. The fourth-order valence-corrected chi connectivity index (χ4v) is 4.57. The van der Waals surface area contributed by atoms with Crippen LogP contribution in [0.2, 0.25) is 0 Å². The van der Waals surface area contributed by atoms with E-state index >= 15 is 0 Å². The topological polar surface area (TPSA) is 91.2 Å². The Kier molecular flexibility index (Phi) is 6.68. The standard InChI is InChI=1S/C26H34N8O/c1-18-11-21-12-27-25(29-22-13-28-33(15-22)14-19-9-10-19)30-24(21)17-34(18)26(35)31-23(16-32(2)3)20-7-5-4-6-8-20/h4-8,12-13,15,18-19,23H,9-11,14,16-17H2,1-3H3,(H,31,35)(H,27,29,30)/t18-,23-/m1/s1. The van der Waals surface area contributed by atoms with Gasteiger partial charge >= 0.3 is 6.03 Å². The van der Waals surface area contributed by atoms with Crippen LogP contribution < -0.4 is 10.6 Å². The maximum absolute atomic E-state index is 13.4. The van der Waals surface area contributed by atoms with Gasteiger partial charge in [0, 0.05) is 31.5 Å². The number of nitrogens with zero attached hydrogens (tertiary/aromatic N) is 6. The lowest BCUT2D eigenvalue weighted by Gasteiger charge is -2.35. The molecule has 0 radical (unpaired) electrons. The smallest absolute Gasteiger partial charge is 0.318 e. The fraction of sp³-hybridized carbons (Fsp3) is 0.462. The Hall–Kier alpha value is -3.46. The molecule has 2 atom stereocenters. The second-order valence-corrected chi connectivity index (χ2v) is 10.0. The molecule has 1 aliphatic carbocycles. The first-order valence-corrected chi connectivity index (χ1v) is 12.4. The summed E-state index contributed by atoms with van der Waals surface area (Å²) in [4.78, 5) is 26.6. The van der Waals surface area contributed by atoms with Gasteiger partial charge in [-0.15, -0.1) is 0 Å². The molecule has 2 aliphatic rings. The van der Waals surface area contributed by atoms with Crippen molar-refractivity contribution in [2.45, 2.75) is 51.4 Å². The molecule has 0 saturated heterocycles. The second kappa shape index (κ2) is 10.0. The van der Waals surface area contributed by atoms with Crippen molar-refractivity contribution in [2.75, 3.05) is 26.0 Å². The van der Waals surface area contributed by atoms with Gasteiger partial charge in [-0.3, -0.25) is 4.68 Å². The maximum Gasteiger partial charge on any atom is 0.318 e. The number of carbonyl (C=O) groups excluding carboxylic acids is 1. The lowest BCUT2D eigenvalue weighted by atomic mass is 10.0. The Balaban J connectivity index is 1.27. The first-order chi connectivity index (χ1) is 16.9. The van der Waals surface area contributed by atoms with Gasteiger partial charge in [-0.1, -0.05) is 30.3 Å². The molecule has 0 spiro atoms. The number of nitrogens with one attached hydrogen (secondary N) is 2. The Bertz CT molecular complexity index is 1160. The van der Waals surface area contributed by atoms with E-state index in [9.17, 15) is 4.79 Å². The number of amides is 2. The van der Waals surface area contributed by atoms with E-state index < -0.39 is 0 Å². The fourth-order valence-electron chi connectivity index (χ4n) is 4.57. The molecular formula is C26H34N8O. The molecule has 9 nitrogen and oxygen atoms in total. The summed E-state index contributed by atoms with van der Waals surface area (Å²) in [6.07, 6.45) is 9.00. The molecule has 0 unspecified atom stereocenters. The van der Waals surface area contributed by atoms with Gasteiger partial charge in [0.15, 0.2) is 0 Å². The van der Waals surface area contributed by atoms with Crippen LogP contribution in [0.5, 0.6) is 0 Å². The van der Waals surface area contributed by atoms with Gasteiger partial charge < -0.3 is 20.4 Å². The Labute approximate surface area is 206 Å². The van der Waals surface area contributed by atoms with E-state index in [1.54, 1.807) is 0 Å². The molecule has 1 fully saturated rings. The number of likely N-dealkylation sites (N-methyl/N-ethyl adjacent to an activating group) is 1. The van der Waals surface area contributed by atoms with Crippen LogP contribution in [0.25, 0.3) is 0 Å². The minimum atomic E-state index is -0.0953. The number of rotatable bonds is 8. The molecule has 1 aliphatic heterocycles. The first kappa shape index (κ1) is 23.3. The van der Waals surface area contributed by atoms with E-state index in [-0.39, 0.29) is 18.1 Å². The van der Waals surface area contributed by atoms with E-state index in [1.165, 1.54) is 12.8 Å². The highest BCUT2D eigenvalue weighted by Gasteiger charge is 2.30. The third-order valence-corrected chi connectivity index (χ3v) is 6.66. The first-order valence-electron chi connectivity index (χ1n) is 12.4. The number of benzene rings is 1. The Morgan fingerprint density at radius 1 is 1.20 bits per heavy atom. The molecule has 0 bridgehead atoms. The molecule has 5 rings (SSSR count). The highest BCUT2D eigenvalue weighted by atomic mass is 16.2. The van der Waals surface area contributed by atoms with Crippen LogP contribution >= 0.6 is 0 Å². The normalized spacial score (nSPS) is 18.3. The number of hydrogen-bond donors (Lipinski definition) is 2. The van der Waals surface area contributed by atoms with E-state index in [2.05, 4.69) is 44.7 Å². The molecular weight excluding hydrogens is 440 g/mol. The highest BCUT2D eigenvalue weighted by molar-refractivity contribution is 5.75. The van der Waals surface area contributed by atoms with Crippen molar-refractivity contribution in [3.05, 3.63) is 65.7 Å². The molecule has 9 heteroatoms. The van der Waals surface area contributed by atoms with Crippen LogP contribution in [-0.2, 0) is 19.5 Å². The summed E-state index contributed by atoms with van der Waals surface area (Å²) in [5.74, 6) is 1.29. The third-order valence-electron chi connectivity index (χ3n) is 6.66. The zero-order chi connectivity index (χ0) is 24.4. The monoisotopic (exact) mass is 474 g/mol. The van der Waals surface area contributed by atoms with Gasteiger partial charge in [0.05, 0.1) is 30.2 Å². The van der Waals surface area contributed by atoms with Crippen molar-refractivity contribution < 1.29 is 4.79 Å². The Morgan fingerprint density at radius 3 is 2.74 bits per heavy atom. The Morgan fingerprint density at radius 2 is 2.00 bits per heavy atom. The quantitative estimate of drug-likeness (QED) is 0.519. The second-order valence-electron chi connectivity index (χ2n) is 10.0. The predicted octanol–water partition coefficient (Wildman–Crippen LogP) is 3.59. The summed E-state index contributed by atoms with van der Waals surface area (Å²) in [5.41, 5.74) is 3.93. The van der Waals surface area contributed by atoms with E-state index in [0.29, 0.717) is 12.5 Å². The van der Waals surface area contributed by atoms with Crippen molar-refractivity contribution in [3.63, 3.8) is 0 Å². The molecule has 1 saturated carbocycles. The SMILES string of the molecule is C[C@@H]1Cc2cnc(Nc3cnn(CC4CC4)c3)nc2CN1C(=O)N[C@H](CN(C)C)c1ccccc1. The zero-order valence-electron chi connectivity index (χ0n) is 20.7. The lowest BCUT2D eigenvalue weighted by molar-refractivity contribution is 0.161. The van der Waals surface area contributed by atoms with Crippen molar-refractivity contribution in [1.82, 2.24) is 34.9 Å². The average molecular weight is 475 g/mol. The summed E-state index contributed by atoms with van der Waals surface area (Å²) < 4.78 is 1.98. The average Bonchev–Trinajstić information content (AvgIpc) is 3.55. The molecule has 3 aromatic rings. The van der Waals surface area contributed by atoms with E-state index in [4.69, 9.17) is 4.98 Å². The number of anilines is 2. The molecule has 2 amide bonds. The van der Waals surface area contributed by atoms with E-state index in [1.807, 2.05) is 60.5 Å². The van der Waals surface area contributed by atoms with Gasteiger partial charge in [0.25, 0.3) is 0 Å². The number of hydrogen-bond acceptors (Lipinski definition) is 6. The van der Waals surface area contributed by atoms with Gasteiger partial charge in [-0.05, 0) is 57.3 Å². The molecule has 2 aromatic heterocycles. The van der Waals surface area contributed by atoms with Crippen molar-refractivity contribution >= 4 is 17.7 Å². The van der Waals surface area contributed by atoms with Gasteiger partial charge in [-0.25, -0.2) is 14.8 Å². The van der Waals surface area contributed by atoms with Crippen LogP contribution in [0.4, 0.5) is 16.4 Å². The van der Waals surface area contributed by atoms with Crippen LogP contribution in [0.3, 0.4) is 0 Å². The summed E-state index contributed by atoms with van der Waals surface area (Å²) >= 11 is 0. The number of aromatic nitrogens is 4. The predicted molar refractivity (Wildman–Crippen MR) is 135 cm³/mol. The number of fused-ring (bicyclic) bond motifs is 1. The van der Waals surface area contributed by atoms with Gasteiger partial charge in [0.1, 0.15) is 0 Å². The van der Waals surface area contributed by atoms with Crippen LogP contribution in [0.1, 0.15) is 42.6 Å². The highest BCUT2D eigenvalue weighted by Crippen LogP contribution is 2.30. The summed E-state index contributed by atoms with van der Waals surface area (Å²) in [6, 6.07) is 10.0. The minimum Gasteiger partial charge on any atom is -0.330 e. The molecule has 2 N–H and O–H groups in total. The molecule has 1 aromatic carbocycles. The van der Waals surface area contributed by atoms with Gasteiger partial charge in [-0.2, -0.15) is 5.10 Å². The minimum absolute atomic E-state index is 0.0568. The lowest BCUT2D eigenvalue weighted by Crippen LogP contribution is -2.50. The van der Waals surface area contributed by atoms with Crippen molar-refractivity contribution in [2.24, 2.45) is 5.92 Å². The molecule has 3 heterocycles. The maximum atomic E-state index is 13.4. The summed E-state index contributed by atoms with van der Waals surface area (Å²) in [7, 11) is 4.03.